The highest BCUT2D eigenvalue weighted by Crippen LogP contribution is 2.35. The van der Waals surface area contributed by atoms with E-state index in [-0.39, 0.29) is 0 Å². The Kier molecular flexibility index (Phi) is 4.35. The van der Waals surface area contributed by atoms with E-state index in [0.717, 1.165) is 41.5 Å². The van der Waals surface area contributed by atoms with E-state index in [1.165, 1.54) is 12.1 Å². The SMILES string of the molecule is FC(F)(F)c1cccc(-c2ccc3oc(-c4ccccc4C4=NCCN4)cc3c2)c1. The molecule has 0 unspecified atom stereocenters. The monoisotopic (exact) mass is 406 g/mol. The van der Waals surface area contributed by atoms with Crippen LogP contribution in [0.1, 0.15) is 11.1 Å². The Balaban J connectivity index is 1.57. The number of rotatable bonds is 3. The summed E-state index contributed by atoms with van der Waals surface area (Å²) in [6.07, 6.45) is -4.37. The average Bonchev–Trinajstić information content (AvgIpc) is 3.42. The lowest BCUT2D eigenvalue weighted by Gasteiger charge is -2.08. The lowest BCUT2D eigenvalue weighted by atomic mass is 10.0. The van der Waals surface area contributed by atoms with Gasteiger partial charge in [-0.15, -0.1) is 0 Å². The molecule has 0 aliphatic carbocycles. The quantitative estimate of drug-likeness (QED) is 0.444. The number of hydrogen-bond donors (Lipinski definition) is 1. The largest absolute Gasteiger partial charge is 0.456 e. The fraction of sp³-hybridized carbons (Fsp3) is 0.125. The maximum absolute atomic E-state index is 13.1. The number of hydrogen-bond acceptors (Lipinski definition) is 3. The van der Waals surface area contributed by atoms with Crippen LogP contribution >= 0.6 is 0 Å². The third-order valence-electron chi connectivity index (χ3n) is 5.16. The zero-order valence-corrected chi connectivity index (χ0v) is 15.8. The summed E-state index contributed by atoms with van der Waals surface area (Å²) in [7, 11) is 0. The lowest BCUT2D eigenvalue weighted by Crippen LogP contribution is -2.20. The number of fused-ring (bicyclic) bond motifs is 1. The molecular weight excluding hydrogens is 389 g/mol. The fourth-order valence-corrected chi connectivity index (χ4v) is 3.71. The Hall–Kier alpha value is -3.54. The Morgan fingerprint density at radius 2 is 1.63 bits per heavy atom. The molecule has 0 spiro atoms. The summed E-state index contributed by atoms with van der Waals surface area (Å²) < 4.78 is 45.3. The van der Waals surface area contributed by atoms with E-state index in [4.69, 9.17) is 4.42 Å². The first-order valence-electron chi connectivity index (χ1n) is 9.58. The van der Waals surface area contributed by atoms with E-state index in [9.17, 15) is 13.2 Å². The van der Waals surface area contributed by atoms with Crippen LogP contribution in [0.15, 0.2) is 82.2 Å². The Morgan fingerprint density at radius 1 is 0.833 bits per heavy atom. The molecule has 2 heterocycles. The predicted octanol–water partition coefficient (Wildman–Crippen LogP) is 6.14. The van der Waals surface area contributed by atoms with Crippen molar-refractivity contribution in [2.45, 2.75) is 6.18 Å². The van der Waals surface area contributed by atoms with Gasteiger partial charge in [0.1, 0.15) is 17.2 Å². The molecule has 3 aromatic carbocycles. The molecule has 6 heteroatoms. The highest BCUT2D eigenvalue weighted by atomic mass is 19.4. The predicted molar refractivity (Wildman–Crippen MR) is 111 cm³/mol. The third-order valence-corrected chi connectivity index (χ3v) is 5.16. The van der Waals surface area contributed by atoms with Crippen molar-refractivity contribution < 1.29 is 17.6 Å². The van der Waals surface area contributed by atoms with Crippen molar-refractivity contribution in [2.75, 3.05) is 13.1 Å². The first kappa shape index (κ1) is 18.5. The molecule has 1 aliphatic rings. The van der Waals surface area contributed by atoms with Gasteiger partial charge in [0.15, 0.2) is 0 Å². The molecule has 0 atom stereocenters. The minimum atomic E-state index is -4.37. The molecule has 4 aromatic rings. The number of benzene rings is 3. The van der Waals surface area contributed by atoms with Gasteiger partial charge in [-0.05, 0) is 41.5 Å². The molecule has 0 saturated carbocycles. The molecule has 1 N–H and O–H groups in total. The van der Waals surface area contributed by atoms with Crippen LogP contribution in [-0.2, 0) is 6.18 Å². The Labute approximate surface area is 170 Å². The van der Waals surface area contributed by atoms with E-state index in [2.05, 4.69) is 10.3 Å². The van der Waals surface area contributed by atoms with E-state index >= 15 is 0 Å². The maximum Gasteiger partial charge on any atom is 0.416 e. The van der Waals surface area contributed by atoms with E-state index in [1.54, 1.807) is 18.2 Å². The van der Waals surface area contributed by atoms with Gasteiger partial charge in [0.05, 0.1) is 12.1 Å². The van der Waals surface area contributed by atoms with Crippen molar-refractivity contribution in [2.24, 2.45) is 4.99 Å². The van der Waals surface area contributed by atoms with Gasteiger partial charge in [0.25, 0.3) is 0 Å². The molecule has 0 radical (unpaired) electrons. The van der Waals surface area contributed by atoms with E-state index in [1.807, 2.05) is 36.4 Å². The smallest absolute Gasteiger partial charge is 0.416 e. The van der Waals surface area contributed by atoms with Crippen LogP contribution in [0.25, 0.3) is 33.4 Å². The second-order valence-corrected chi connectivity index (χ2v) is 7.14. The summed E-state index contributed by atoms with van der Waals surface area (Å²) in [4.78, 5) is 4.50. The summed E-state index contributed by atoms with van der Waals surface area (Å²) in [6.45, 7) is 1.55. The van der Waals surface area contributed by atoms with E-state index in [0.29, 0.717) is 22.5 Å². The standard InChI is InChI=1S/C24H17F3N2O/c25-24(26,27)18-5-3-4-15(13-18)16-8-9-21-17(12-16)14-22(30-21)19-6-1-2-7-20(19)23-28-10-11-29-23/h1-9,12-14H,10-11H2,(H,28,29). The molecule has 0 bridgehead atoms. The van der Waals surface area contributed by atoms with Gasteiger partial charge < -0.3 is 9.73 Å². The zero-order valence-electron chi connectivity index (χ0n) is 15.8. The molecule has 1 aliphatic heterocycles. The fourth-order valence-electron chi connectivity index (χ4n) is 3.71. The molecule has 1 aromatic heterocycles. The van der Waals surface area contributed by atoms with Crippen molar-refractivity contribution in [1.82, 2.24) is 5.32 Å². The van der Waals surface area contributed by atoms with Crippen LogP contribution in [-0.4, -0.2) is 18.9 Å². The molecule has 0 amide bonds. The summed E-state index contributed by atoms with van der Waals surface area (Å²) in [5.41, 5.74) is 3.12. The number of aliphatic imine (C=N–C) groups is 1. The molecule has 0 fully saturated rings. The van der Waals surface area contributed by atoms with Crippen LogP contribution < -0.4 is 5.32 Å². The molecular formula is C24H17F3N2O. The third kappa shape index (κ3) is 3.34. The number of furan rings is 1. The minimum absolute atomic E-state index is 0.513. The second kappa shape index (κ2) is 7.06. The first-order valence-corrected chi connectivity index (χ1v) is 9.58. The number of amidine groups is 1. The molecule has 0 saturated heterocycles. The van der Waals surface area contributed by atoms with Gasteiger partial charge in [0, 0.05) is 23.1 Å². The van der Waals surface area contributed by atoms with Crippen molar-refractivity contribution in [3.8, 4) is 22.5 Å². The van der Waals surface area contributed by atoms with Gasteiger partial charge in [-0.3, -0.25) is 4.99 Å². The van der Waals surface area contributed by atoms with Gasteiger partial charge in [-0.25, -0.2) is 0 Å². The van der Waals surface area contributed by atoms with Crippen molar-refractivity contribution in [3.63, 3.8) is 0 Å². The maximum atomic E-state index is 13.1. The summed E-state index contributed by atoms with van der Waals surface area (Å²) in [5.74, 6) is 1.54. The highest BCUT2D eigenvalue weighted by Gasteiger charge is 2.30. The Morgan fingerprint density at radius 3 is 2.40 bits per heavy atom. The molecule has 5 rings (SSSR count). The van der Waals surface area contributed by atoms with Gasteiger partial charge >= 0.3 is 6.18 Å². The number of halogens is 3. The van der Waals surface area contributed by atoms with Crippen LogP contribution in [0.5, 0.6) is 0 Å². The van der Waals surface area contributed by atoms with Crippen LogP contribution in [0, 0.1) is 0 Å². The number of alkyl halides is 3. The second-order valence-electron chi connectivity index (χ2n) is 7.14. The number of nitrogens with zero attached hydrogens (tertiary/aromatic N) is 1. The van der Waals surface area contributed by atoms with Gasteiger partial charge in [-0.1, -0.05) is 42.5 Å². The van der Waals surface area contributed by atoms with Crippen molar-refractivity contribution in [3.05, 3.63) is 83.9 Å². The first-order chi connectivity index (χ1) is 14.5. The van der Waals surface area contributed by atoms with E-state index < -0.39 is 11.7 Å². The zero-order chi connectivity index (χ0) is 20.7. The summed E-state index contributed by atoms with van der Waals surface area (Å²) in [5, 5.41) is 4.11. The molecule has 30 heavy (non-hydrogen) atoms. The molecule has 150 valence electrons. The van der Waals surface area contributed by atoms with Gasteiger partial charge in [-0.2, -0.15) is 13.2 Å². The minimum Gasteiger partial charge on any atom is -0.456 e. The summed E-state index contributed by atoms with van der Waals surface area (Å²) in [6, 6.07) is 20.6. The highest BCUT2D eigenvalue weighted by molar-refractivity contribution is 6.05. The summed E-state index contributed by atoms with van der Waals surface area (Å²) >= 11 is 0. The lowest BCUT2D eigenvalue weighted by molar-refractivity contribution is -0.137. The average molecular weight is 406 g/mol. The van der Waals surface area contributed by atoms with Crippen molar-refractivity contribution in [1.29, 1.82) is 0 Å². The Bertz CT molecular complexity index is 1270. The van der Waals surface area contributed by atoms with Crippen LogP contribution in [0.4, 0.5) is 13.2 Å². The van der Waals surface area contributed by atoms with Crippen LogP contribution in [0.3, 0.4) is 0 Å². The molecule has 3 nitrogen and oxygen atoms in total. The van der Waals surface area contributed by atoms with Crippen LogP contribution in [0.2, 0.25) is 0 Å². The number of nitrogens with one attached hydrogen (secondary N) is 1. The topological polar surface area (TPSA) is 37.5 Å². The van der Waals surface area contributed by atoms with Gasteiger partial charge in [0.2, 0.25) is 0 Å². The normalized spacial score (nSPS) is 14.0. The van der Waals surface area contributed by atoms with Crippen molar-refractivity contribution >= 4 is 16.8 Å².